The van der Waals surface area contributed by atoms with Gasteiger partial charge >= 0.3 is 0 Å². The lowest BCUT2D eigenvalue weighted by atomic mass is 9.99. The first-order chi connectivity index (χ1) is 9.40. The predicted molar refractivity (Wildman–Crippen MR) is 82.1 cm³/mol. The van der Waals surface area contributed by atoms with E-state index in [9.17, 15) is 5.11 Å². The molecule has 1 aromatic carbocycles. The smallest absolute Gasteiger partial charge is 0.191 e. The SMILES string of the molecule is Cc1cc(C2CN=C(N)N2CCN(C)C)cc(C)c1O. The van der Waals surface area contributed by atoms with Gasteiger partial charge in [0, 0.05) is 13.1 Å². The van der Waals surface area contributed by atoms with E-state index in [1.165, 1.54) is 5.56 Å². The third-order valence-electron chi connectivity index (χ3n) is 3.78. The zero-order valence-corrected chi connectivity index (χ0v) is 12.7. The fourth-order valence-corrected chi connectivity index (χ4v) is 2.57. The Morgan fingerprint density at radius 1 is 1.35 bits per heavy atom. The van der Waals surface area contributed by atoms with Crippen molar-refractivity contribution in [2.75, 3.05) is 33.7 Å². The summed E-state index contributed by atoms with van der Waals surface area (Å²) in [5, 5.41) is 9.89. The second-order valence-corrected chi connectivity index (χ2v) is 5.71. The highest BCUT2D eigenvalue weighted by Crippen LogP contribution is 2.31. The summed E-state index contributed by atoms with van der Waals surface area (Å²) in [5.41, 5.74) is 8.98. The summed E-state index contributed by atoms with van der Waals surface area (Å²) in [5.74, 6) is 0.987. The molecule has 0 aromatic heterocycles. The summed E-state index contributed by atoms with van der Waals surface area (Å²) in [6.45, 7) is 6.32. The molecule has 1 heterocycles. The van der Waals surface area contributed by atoms with Crippen LogP contribution in [0.25, 0.3) is 0 Å². The molecule has 0 radical (unpaired) electrons. The van der Waals surface area contributed by atoms with E-state index in [4.69, 9.17) is 5.73 Å². The van der Waals surface area contributed by atoms with Crippen molar-refractivity contribution in [3.8, 4) is 5.75 Å². The molecule has 5 heteroatoms. The van der Waals surface area contributed by atoms with Crippen molar-refractivity contribution in [2.24, 2.45) is 10.7 Å². The number of aryl methyl sites for hydroxylation is 2. The van der Waals surface area contributed by atoms with E-state index in [1.54, 1.807) is 0 Å². The summed E-state index contributed by atoms with van der Waals surface area (Å²) in [6, 6.07) is 4.24. The van der Waals surface area contributed by atoms with Crippen molar-refractivity contribution in [2.45, 2.75) is 19.9 Å². The first-order valence-electron chi connectivity index (χ1n) is 6.91. The zero-order valence-electron chi connectivity index (χ0n) is 12.7. The highest BCUT2D eigenvalue weighted by atomic mass is 16.3. The van der Waals surface area contributed by atoms with Crippen LogP contribution >= 0.6 is 0 Å². The minimum Gasteiger partial charge on any atom is -0.507 e. The molecule has 110 valence electrons. The van der Waals surface area contributed by atoms with Gasteiger partial charge in [0.15, 0.2) is 5.96 Å². The Morgan fingerprint density at radius 3 is 2.50 bits per heavy atom. The molecule has 3 N–H and O–H groups in total. The normalized spacial score (nSPS) is 18.8. The molecule has 1 aliphatic rings. The van der Waals surface area contributed by atoms with Crippen molar-refractivity contribution in [1.82, 2.24) is 9.80 Å². The molecule has 0 aliphatic carbocycles. The number of nitrogens with zero attached hydrogens (tertiary/aromatic N) is 3. The van der Waals surface area contributed by atoms with Crippen molar-refractivity contribution >= 4 is 5.96 Å². The fourth-order valence-electron chi connectivity index (χ4n) is 2.57. The maximum atomic E-state index is 9.89. The molecule has 1 aliphatic heterocycles. The van der Waals surface area contributed by atoms with Crippen LogP contribution in [-0.2, 0) is 0 Å². The molecule has 0 amide bonds. The molecule has 0 saturated heterocycles. The number of aromatic hydroxyl groups is 1. The fraction of sp³-hybridized carbons (Fsp3) is 0.533. The van der Waals surface area contributed by atoms with Gasteiger partial charge in [-0.3, -0.25) is 4.99 Å². The van der Waals surface area contributed by atoms with Crippen LogP contribution in [0.4, 0.5) is 0 Å². The van der Waals surface area contributed by atoms with E-state index >= 15 is 0 Å². The summed E-state index contributed by atoms with van der Waals surface area (Å²) in [4.78, 5) is 8.65. The van der Waals surface area contributed by atoms with Crippen LogP contribution in [0.3, 0.4) is 0 Å². The molecule has 0 fully saturated rings. The van der Waals surface area contributed by atoms with Crippen LogP contribution in [0, 0.1) is 13.8 Å². The van der Waals surface area contributed by atoms with E-state index < -0.39 is 0 Å². The number of phenols is 1. The minimum atomic E-state index is 0.174. The average molecular weight is 276 g/mol. The standard InChI is InChI=1S/C15H24N4O/c1-10-7-12(8-11(2)14(10)20)13-9-17-15(16)19(13)6-5-18(3)4/h7-8,13,20H,5-6,9H2,1-4H3,(H2,16,17). The molecular formula is C15H24N4O. The summed E-state index contributed by atoms with van der Waals surface area (Å²) in [7, 11) is 4.10. The second kappa shape index (κ2) is 5.71. The summed E-state index contributed by atoms with van der Waals surface area (Å²) < 4.78 is 0. The van der Waals surface area contributed by atoms with Crippen LogP contribution in [0.2, 0.25) is 0 Å². The molecule has 1 atom stereocenters. The van der Waals surface area contributed by atoms with Gasteiger partial charge in [0.05, 0.1) is 12.6 Å². The lowest BCUT2D eigenvalue weighted by Crippen LogP contribution is -2.40. The Balaban J connectivity index is 2.23. The van der Waals surface area contributed by atoms with Gasteiger partial charge in [-0.1, -0.05) is 12.1 Å². The topological polar surface area (TPSA) is 65.1 Å². The van der Waals surface area contributed by atoms with Crippen molar-refractivity contribution in [3.05, 3.63) is 28.8 Å². The van der Waals surface area contributed by atoms with Crippen LogP contribution < -0.4 is 5.73 Å². The van der Waals surface area contributed by atoms with E-state index in [0.717, 1.165) is 24.2 Å². The maximum Gasteiger partial charge on any atom is 0.191 e. The van der Waals surface area contributed by atoms with Crippen LogP contribution in [-0.4, -0.2) is 54.6 Å². The Kier molecular flexibility index (Phi) is 4.18. The van der Waals surface area contributed by atoms with Crippen LogP contribution in [0.1, 0.15) is 22.7 Å². The Bertz CT molecular complexity index is 502. The molecular weight excluding hydrogens is 252 g/mol. The molecule has 1 aromatic rings. The molecule has 5 nitrogen and oxygen atoms in total. The number of nitrogens with two attached hydrogens (primary N) is 1. The highest BCUT2D eigenvalue weighted by Gasteiger charge is 2.27. The first-order valence-corrected chi connectivity index (χ1v) is 6.91. The average Bonchev–Trinajstić information content (AvgIpc) is 2.74. The highest BCUT2D eigenvalue weighted by molar-refractivity contribution is 5.80. The monoisotopic (exact) mass is 276 g/mol. The minimum absolute atomic E-state index is 0.174. The van der Waals surface area contributed by atoms with Crippen molar-refractivity contribution in [3.63, 3.8) is 0 Å². The Morgan fingerprint density at radius 2 is 1.95 bits per heavy atom. The van der Waals surface area contributed by atoms with E-state index in [0.29, 0.717) is 18.3 Å². The van der Waals surface area contributed by atoms with E-state index in [-0.39, 0.29) is 6.04 Å². The zero-order chi connectivity index (χ0) is 14.9. The van der Waals surface area contributed by atoms with Gasteiger partial charge in [-0.15, -0.1) is 0 Å². The number of phenolic OH excluding ortho intramolecular Hbond substituents is 1. The lowest BCUT2D eigenvalue weighted by Gasteiger charge is -2.28. The second-order valence-electron chi connectivity index (χ2n) is 5.71. The van der Waals surface area contributed by atoms with Gasteiger partial charge in [0.2, 0.25) is 0 Å². The molecule has 20 heavy (non-hydrogen) atoms. The predicted octanol–water partition coefficient (Wildman–Crippen LogP) is 1.24. The molecule has 2 rings (SSSR count). The molecule has 0 bridgehead atoms. The number of benzene rings is 1. The summed E-state index contributed by atoms with van der Waals surface area (Å²) in [6.07, 6.45) is 0. The van der Waals surface area contributed by atoms with Gasteiger partial charge in [0.25, 0.3) is 0 Å². The first kappa shape index (κ1) is 14.7. The Hall–Kier alpha value is -1.75. The van der Waals surface area contributed by atoms with E-state index in [2.05, 4.69) is 14.8 Å². The number of aliphatic imine (C=N–C) groups is 1. The quantitative estimate of drug-likeness (QED) is 0.868. The number of hydrogen-bond acceptors (Lipinski definition) is 5. The number of guanidine groups is 1. The third-order valence-corrected chi connectivity index (χ3v) is 3.78. The van der Waals surface area contributed by atoms with Gasteiger partial charge in [-0.05, 0) is 44.6 Å². The number of hydrogen-bond donors (Lipinski definition) is 2. The Labute approximate surface area is 120 Å². The lowest BCUT2D eigenvalue weighted by molar-refractivity contribution is 0.293. The molecule has 0 spiro atoms. The number of rotatable bonds is 4. The van der Waals surface area contributed by atoms with Crippen LogP contribution in [0.15, 0.2) is 17.1 Å². The van der Waals surface area contributed by atoms with Gasteiger partial charge in [-0.25, -0.2) is 0 Å². The largest absolute Gasteiger partial charge is 0.507 e. The third kappa shape index (κ3) is 2.88. The molecule has 0 saturated carbocycles. The summed E-state index contributed by atoms with van der Waals surface area (Å²) >= 11 is 0. The van der Waals surface area contributed by atoms with Gasteiger partial charge in [-0.2, -0.15) is 0 Å². The van der Waals surface area contributed by atoms with Crippen molar-refractivity contribution in [1.29, 1.82) is 0 Å². The van der Waals surface area contributed by atoms with Gasteiger partial charge < -0.3 is 20.6 Å². The number of likely N-dealkylation sites (N-methyl/N-ethyl adjacent to an activating group) is 1. The van der Waals surface area contributed by atoms with Gasteiger partial charge in [0.1, 0.15) is 5.75 Å². The van der Waals surface area contributed by atoms with E-state index in [1.807, 2.05) is 40.1 Å². The van der Waals surface area contributed by atoms with Crippen molar-refractivity contribution < 1.29 is 5.11 Å². The maximum absolute atomic E-state index is 9.89. The van der Waals surface area contributed by atoms with Crippen LogP contribution in [0.5, 0.6) is 5.75 Å². The molecule has 1 unspecified atom stereocenters.